The van der Waals surface area contributed by atoms with Crippen LogP contribution in [0.1, 0.15) is 27.7 Å². The van der Waals surface area contributed by atoms with Crippen LogP contribution in [0.5, 0.6) is 0 Å². The van der Waals surface area contributed by atoms with Gasteiger partial charge in [-0.1, -0.05) is 0 Å². The van der Waals surface area contributed by atoms with E-state index in [0.29, 0.717) is 6.54 Å². The molecule has 0 radical (unpaired) electrons. The Morgan fingerprint density at radius 1 is 1.22 bits per heavy atom. The molecular weight excluding hydrogens is 229 g/mol. The molecule has 100 valence electrons. The highest BCUT2D eigenvalue weighted by Gasteiger charge is 2.53. The Balaban J connectivity index is 2.04. The average Bonchev–Trinajstić information content (AvgIpc) is 2.48. The average molecular weight is 251 g/mol. The maximum atomic E-state index is 6.00. The second-order valence-corrected chi connectivity index (χ2v) is 6.10. The molecule has 6 heteroatoms. The van der Waals surface area contributed by atoms with Gasteiger partial charge in [0.1, 0.15) is 0 Å². The SMILES string of the molecule is CN(C)C1=NCC(B2OC(C)(C)C(C)(C)O2)C=N1. The van der Waals surface area contributed by atoms with E-state index in [1.807, 2.05) is 25.2 Å². The third kappa shape index (κ3) is 2.31. The van der Waals surface area contributed by atoms with Gasteiger partial charge in [-0.3, -0.25) is 4.99 Å². The summed E-state index contributed by atoms with van der Waals surface area (Å²) in [7, 11) is 3.61. The van der Waals surface area contributed by atoms with Crippen LogP contribution in [-0.2, 0) is 9.31 Å². The highest BCUT2D eigenvalue weighted by atomic mass is 16.7. The predicted molar refractivity (Wildman–Crippen MR) is 74.3 cm³/mol. The number of guanidine groups is 1. The molecule has 0 aromatic carbocycles. The van der Waals surface area contributed by atoms with Gasteiger partial charge in [0.15, 0.2) is 0 Å². The van der Waals surface area contributed by atoms with Crippen molar-refractivity contribution in [3.8, 4) is 0 Å². The normalized spacial score (nSPS) is 29.3. The Kier molecular flexibility index (Phi) is 3.27. The summed E-state index contributed by atoms with van der Waals surface area (Å²) in [5.74, 6) is 0.845. The molecule has 1 unspecified atom stereocenters. The Bertz CT molecular complexity index is 375. The quantitative estimate of drug-likeness (QED) is 0.662. The van der Waals surface area contributed by atoms with Crippen LogP contribution in [0, 0.1) is 0 Å². The minimum atomic E-state index is -0.295. The first-order valence-corrected chi connectivity index (χ1v) is 6.34. The molecule has 0 spiro atoms. The van der Waals surface area contributed by atoms with Crippen LogP contribution in [-0.4, -0.2) is 56.0 Å². The van der Waals surface area contributed by atoms with E-state index in [2.05, 4.69) is 37.7 Å². The third-order valence-corrected chi connectivity index (χ3v) is 3.85. The lowest BCUT2D eigenvalue weighted by atomic mass is 9.72. The van der Waals surface area contributed by atoms with Crippen LogP contribution in [0.4, 0.5) is 0 Å². The summed E-state index contributed by atoms with van der Waals surface area (Å²) in [6, 6.07) is 0. The summed E-state index contributed by atoms with van der Waals surface area (Å²) in [6.45, 7) is 8.89. The second kappa shape index (κ2) is 4.35. The van der Waals surface area contributed by atoms with Crippen molar-refractivity contribution in [2.24, 2.45) is 9.98 Å². The van der Waals surface area contributed by atoms with Gasteiger partial charge in [-0.2, -0.15) is 0 Å². The second-order valence-electron chi connectivity index (χ2n) is 6.10. The van der Waals surface area contributed by atoms with E-state index in [0.717, 1.165) is 5.96 Å². The summed E-state index contributed by atoms with van der Waals surface area (Å²) in [5.41, 5.74) is -0.589. The first-order chi connectivity index (χ1) is 8.23. The fourth-order valence-corrected chi connectivity index (χ4v) is 1.91. The van der Waals surface area contributed by atoms with Gasteiger partial charge in [0.05, 0.1) is 11.2 Å². The summed E-state index contributed by atoms with van der Waals surface area (Å²) in [6.07, 6.45) is 1.89. The van der Waals surface area contributed by atoms with Gasteiger partial charge in [0, 0.05) is 32.7 Å². The zero-order valence-electron chi connectivity index (χ0n) is 12.1. The van der Waals surface area contributed by atoms with Crippen molar-refractivity contribution in [1.82, 2.24) is 4.90 Å². The zero-order valence-corrected chi connectivity index (χ0v) is 12.1. The van der Waals surface area contributed by atoms with Crippen molar-refractivity contribution >= 4 is 19.3 Å². The van der Waals surface area contributed by atoms with Gasteiger partial charge < -0.3 is 14.2 Å². The molecule has 2 rings (SSSR count). The maximum absolute atomic E-state index is 6.00. The van der Waals surface area contributed by atoms with E-state index in [1.165, 1.54) is 0 Å². The number of hydrogen-bond donors (Lipinski definition) is 0. The number of nitrogens with zero attached hydrogens (tertiary/aromatic N) is 3. The van der Waals surface area contributed by atoms with Crippen molar-refractivity contribution in [1.29, 1.82) is 0 Å². The number of rotatable bonds is 1. The van der Waals surface area contributed by atoms with Crippen LogP contribution >= 0.6 is 0 Å². The van der Waals surface area contributed by atoms with E-state index >= 15 is 0 Å². The Morgan fingerprint density at radius 3 is 2.17 bits per heavy atom. The van der Waals surface area contributed by atoms with Gasteiger partial charge in [-0.25, -0.2) is 4.99 Å². The fraction of sp³-hybridized carbons (Fsp3) is 0.833. The fourth-order valence-electron chi connectivity index (χ4n) is 1.91. The van der Waals surface area contributed by atoms with Crippen molar-refractivity contribution < 1.29 is 9.31 Å². The van der Waals surface area contributed by atoms with E-state index in [-0.39, 0.29) is 24.1 Å². The van der Waals surface area contributed by atoms with E-state index in [1.54, 1.807) is 0 Å². The molecule has 2 aliphatic heterocycles. The van der Waals surface area contributed by atoms with Crippen LogP contribution in [0.15, 0.2) is 9.98 Å². The van der Waals surface area contributed by atoms with Crippen LogP contribution in [0.25, 0.3) is 0 Å². The predicted octanol–water partition coefficient (Wildman–Crippen LogP) is 1.45. The minimum absolute atomic E-state index is 0.0924. The Labute approximate surface area is 109 Å². The topological polar surface area (TPSA) is 46.4 Å². The van der Waals surface area contributed by atoms with Gasteiger partial charge >= 0.3 is 7.12 Å². The van der Waals surface area contributed by atoms with Gasteiger partial charge in [0.25, 0.3) is 0 Å². The highest BCUT2D eigenvalue weighted by Crippen LogP contribution is 2.39. The Hall–Kier alpha value is -0.875. The van der Waals surface area contributed by atoms with Crippen molar-refractivity contribution in [2.75, 3.05) is 20.6 Å². The van der Waals surface area contributed by atoms with Gasteiger partial charge in [-0.05, 0) is 27.7 Å². The molecule has 18 heavy (non-hydrogen) atoms. The molecule has 2 aliphatic rings. The van der Waals surface area contributed by atoms with Crippen molar-refractivity contribution in [2.45, 2.75) is 44.7 Å². The standard InChI is InChI=1S/C12H22BN3O2/c1-11(2)12(3,4)18-13(17-11)9-7-14-10(15-8-9)16(5)6/h7,9H,8H2,1-6H3. The molecule has 0 saturated carbocycles. The molecule has 0 aliphatic carbocycles. The minimum Gasteiger partial charge on any atom is -0.403 e. The third-order valence-electron chi connectivity index (χ3n) is 3.85. The summed E-state index contributed by atoms with van der Waals surface area (Å²) in [4.78, 5) is 10.7. The van der Waals surface area contributed by atoms with Crippen LogP contribution < -0.4 is 0 Å². The molecule has 0 N–H and O–H groups in total. The molecular formula is C12H22BN3O2. The molecule has 1 fully saturated rings. The van der Waals surface area contributed by atoms with Crippen LogP contribution in [0.3, 0.4) is 0 Å². The van der Waals surface area contributed by atoms with E-state index in [4.69, 9.17) is 9.31 Å². The lowest BCUT2D eigenvalue weighted by Crippen LogP contribution is -2.41. The van der Waals surface area contributed by atoms with Gasteiger partial charge in [-0.15, -0.1) is 0 Å². The number of aliphatic imine (C=N–C) groups is 2. The summed E-state index contributed by atoms with van der Waals surface area (Å²) < 4.78 is 12.0. The molecule has 0 aromatic heterocycles. The monoisotopic (exact) mass is 251 g/mol. The van der Waals surface area contributed by atoms with E-state index in [9.17, 15) is 0 Å². The molecule has 5 nitrogen and oxygen atoms in total. The molecule has 2 heterocycles. The smallest absolute Gasteiger partial charge is 0.403 e. The zero-order chi connectivity index (χ0) is 13.6. The van der Waals surface area contributed by atoms with Crippen molar-refractivity contribution in [3.63, 3.8) is 0 Å². The lowest BCUT2D eigenvalue weighted by molar-refractivity contribution is 0.00578. The molecule has 0 bridgehead atoms. The number of hydrogen-bond acceptors (Lipinski definition) is 5. The largest absolute Gasteiger partial charge is 0.468 e. The lowest BCUT2D eigenvalue weighted by Gasteiger charge is -2.32. The summed E-state index contributed by atoms with van der Waals surface area (Å²) in [5, 5.41) is 0. The van der Waals surface area contributed by atoms with Crippen LogP contribution in [0.2, 0.25) is 5.82 Å². The Morgan fingerprint density at radius 2 is 1.78 bits per heavy atom. The maximum Gasteiger partial charge on any atom is 0.468 e. The molecule has 0 aromatic rings. The first kappa shape index (κ1) is 13.6. The highest BCUT2D eigenvalue weighted by molar-refractivity contribution is 6.52. The first-order valence-electron chi connectivity index (χ1n) is 6.34. The molecule has 1 atom stereocenters. The molecule has 1 saturated heterocycles. The van der Waals surface area contributed by atoms with E-state index < -0.39 is 0 Å². The summed E-state index contributed by atoms with van der Waals surface area (Å²) >= 11 is 0. The van der Waals surface area contributed by atoms with Gasteiger partial charge in [0.2, 0.25) is 5.96 Å². The molecule has 0 amide bonds. The van der Waals surface area contributed by atoms with Crippen molar-refractivity contribution in [3.05, 3.63) is 0 Å².